The summed E-state index contributed by atoms with van der Waals surface area (Å²) in [5.74, 6) is -15.9. The summed E-state index contributed by atoms with van der Waals surface area (Å²) in [5.41, 5.74) is 5.36. The Labute approximate surface area is 199 Å². The molecule has 0 aromatic carbocycles. The van der Waals surface area contributed by atoms with Gasteiger partial charge in [-0.15, -0.1) is 0 Å². The van der Waals surface area contributed by atoms with Gasteiger partial charge in [0, 0.05) is 20.8 Å². The minimum Gasteiger partial charge on any atom is -0.423 e. The van der Waals surface area contributed by atoms with E-state index in [9.17, 15) is 39.8 Å². The molecule has 3 aliphatic rings. The Morgan fingerprint density at radius 1 is 1.23 bits per heavy atom. The molecule has 3 rings (SSSR count). The molecule has 1 unspecified atom stereocenters. The Morgan fingerprint density at radius 3 is 2.29 bits per heavy atom. The summed E-state index contributed by atoms with van der Waals surface area (Å²) < 4.78 is 20.3. The predicted molar refractivity (Wildman–Crippen MR) is 109 cm³/mol. The highest BCUT2D eigenvalue weighted by Crippen LogP contribution is 2.52. The molecule has 0 spiro atoms. The number of ether oxygens (including phenoxy) is 4. The van der Waals surface area contributed by atoms with Gasteiger partial charge in [-0.2, -0.15) is 0 Å². The van der Waals surface area contributed by atoms with Crippen molar-refractivity contribution in [2.45, 2.75) is 49.5 Å². The Balaban J connectivity index is 2.32. The summed E-state index contributed by atoms with van der Waals surface area (Å²) in [6.45, 7) is 0.427. The van der Waals surface area contributed by atoms with Crippen molar-refractivity contribution in [1.29, 1.82) is 0 Å². The van der Waals surface area contributed by atoms with Crippen molar-refractivity contribution in [3.8, 4) is 0 Å². The van der Waals surface area contributed by atoms with Crippen LogP contribution in [0.15, 0.2) is 15.0 Å². The lowest BCUT2D eigenvalue weighted by Gasteiger charge is -2.45. The number of carbonyl (C=O) groups is 3. The van der Waals surface area contributed by atoms with Crippen LogP contribution in [0.25, 0.3) is 0 Å². The van der Waals surface area contributed by atoms with Crippen molar-refractivity contribution >= 4 is 47.0 Å². The summed E-state index contributed by atoms with van der Waals surface area (Å²) in [7, 11) is 0. The number of fused-ring (bicyclic) bond motifs is 1. The van der Waals surface area contributed by atoms with Crippen LogP contribution in [0, 0.1) is 10.1 Å². The van der Waals surface area contributed by atoms with Crippen LogP contribution in [0.1, 0.15) is 20.8 Å². The molecule has 35 heavy (non-hydrogen) atoms. The van der Waals surface area contributed by atoms with Crippen LogP contribution in [0.4, 0.5) is 0 Å². The van der Waals surface area contributed by atoms with Gasteiger partial charge in [0.05, 0.1) is 6.61 Å². The van der Waals surface area contributed by atoms with Gasteiger partial charge in [0.15, 0.2) is 11.8 Å². The molecule has 0 aliphatic carbocycles. The summed E-state index contributed by atoms with van der Waals surface area (Å²) in [4.78, 5) is 57.7. The molecule has 1 fully saturated rings. The number of nitro groups is 1. The number of amidine groups is 1. The zero-order valence-electron chi connectivity index (χ0n) is 18.2. The molecule has 0 aromatic rings. The molecule has 0 saturated carbocycles. The number of hydrogen-bond acceptors (Lipinski definition) is 17. The average molecular weight is 523 g/mol. The standard InChI is InChI=1S/C16H19ClN6O12/c1-6(25)32-13(28)9(4-24)35-16(34-8(3)27,15(13,29)33-7(2)26)22-5-19-10-11(22)20-12(23(30)31)21-14(10,17)18/h9,24,28-29H,4-5,18H2,1-3H3/t9-,13+,14?,15+,16-/m1/s1. The number of aliphatic hydroxyl groups is 3. The smallest absolute Gasteiger partial charge is 0.423 e. The van der Waals surface area contributed by atoms with Crippen molar-refractivity contribution in [2.75, 3.05) is 13.3 Å². The first-order valence-corrected chi connectivity index (χ1v) is 9.88. The van der Waals surface area contributed by atoms with Gasteiger partial charge in [0.25, 0.3) is 5.12 Å². The van der Waals surface area contributed by atoms with Crippen LogP contribution >= 0.6 is 11.6 Å². The highest BCUT2D eigenvalue weighted by atomic mass is 35.5. The normalized spacial score (nSPS) is 35.9. The third-order valence-electron chi connectivity index (χ3n) is 4.85. The Morgan fingerprint density at radius 2 is 1.80 bits per heavy atom. The summed E-state index contributed by atoms with van der Waals surface area (Å²) in [6.07, 6.45) is -2.13. The van der Waals surface area contributed by atoms with Crippen molar-refractivity contribution in [3.05, 3.63) is 10.1 Å². The quantitative estimate of drug-likeness (QED) is 0.0524. The monoisotopic (exact) mass is 522 g/mol. The van der Waals surface area contributed by atoms with Crippen LogP contribution in [0.3, 0.4) is 0 Å². The van der Waals surface area contributed by atoms with Crippen LogP contribution in [-0.2, 0) is 33.3 Å². The molecule has 5 atom stereocenters. The molecular weight excluding hydrogens is 504 g/mol. The zero-order valence-corrected chi connectivity index (χ0v) is 19.0. The Kier molecular flexibility index (Phi) is 6.34. The Hall–Kier alpha value is -3.29. The van der Waals surface area contributed by atoms with Gasteiger partial charge in [-0.05, 0) is 9.92 Å². The average Bonchev–Trinajstić information content (AvgIpc) is 3.20. The summed E-state index contributed by atoms with van der Waals surface area (Å²) >= 11 is 6.06. The van der Waals surface area contributed by atoms with E-state index in [-0.39, 0.29) is 0 Å². The van der Waals surface area contributed by atoms with Crippen molar-refractivity contribution in [3.63, 3.8) is 0 Å². The first-order chi connectivity index (χ1) is 16.0. The maximum absolute atomic E-state index is 12.1. The number of halogens is 1. The topological polar surface area (TPSA) is 258 Å². The Bertz CT molecular complexity index is 1090. The molecule has 19 heteroatoms. The number of rotatable bonds is 5. The van der Waals surface area contributed by atoms with Gasteiger partial charge >= 0.3 is 41.4 Å². The highest BCUT2D eigenvalue weighted by Gasteiger charge is 2.85. The number of carbonyl (C=O) groups excluding carboxylic acids is 3. The van der Waals surface area contributed by atoms with Crippen LogP contribution in [-0.4, -0.2) is 103 Å². The van der Waals surface area contributed by atoms with E-state index in [0.717, 1.165) is 20.8 Å². The number of aliphatic hydroxyl groups excluding tert-OH is 1. The fourth-order valence-electron chi connectivity index (χ4n) is 3.67. The van der Waals surface area contributed by atoms with Gasteiger partial charge in [0.1, 0.15) is 6.67 Å². The second-order valence-electron chi connectivity index (χ2n) is 7.35. The van der Waals surface area contributed by atoms with E-state index in [1.165, 1.54) is 0 Å². The highest BCUT2D eigenvalue weighted by molar-refractivity contribution is 6.57. The number of aliphatic imine (C=N–C) groups is 3. The largest absolute Gasteiger partial charge is 0.469 e. The van der Waals surface area contributed by atoms with E-state index in [1.54, 1.807) is 0 Å². The fourth-order valence-corrected chi connectivity index (χ4v) is 3.89. The van der Waals surface area contributed by atoms with Crippen LogP contribution in [0.2, 0.25) is 0 Å². The van der Waals surface area contributed by atoms with Crippen molar-refractivity contribution in [2.24, 2.45) is 20.7 Å². The third kappa shape index (κ3) is 3.89. The number of nitrogens with zero attached hydrogens (tertiary/aromatic N) is 5. The number of hydrogen-bond donors (Lipinski definition) is 4. The molecule has 0 amide bonds. The van der Waals surface area contributed by atoms with E-state index < -0.39 is 82.3 Å². The first-order valence-electron chi connectivity index (χ1n) is 9.50. The van der Waals surface area contributed by atoms with E-state index in [0.29, 0.717) is 4.90 Å². The molecule has 1 saturated heterocycles. The van der Waals surface area contributed by atoms with Gasteiger partial charge in [-0.25, -0.2) is 0 Å². The number of esters is 3. The number of alkyl halides is 1. The molecule has 0 radical (unpaired) electrons. The number of guanidine groups is 1. The lowest BCUT2D eigenvalue weighted by atomic mass is 9.98. The minimum absolute atomic E-state index is 0.437. The SMILES string of the molecule is CC(=O)O[C@@]1(N2CN=C3C2=NC([N+](=O)[O-])=NC3(N)Cl)O[C@H](CO)[C@](O)(OC(C)=O)[C@]1(O)OC(C)=O. The molecular formula is C16H19ClN6O12. The summed E-state index contributed by atoms with van der Waals surface area (Å²) in [5, 5.41) is 41.6. The van der Waals surface area contributed by atoms with Crippen molar-refractivity contribution in [1.82, 2.24) is 4.90 Å². The second-order valence-corrected chi connectivity index (χ2v) is 7.92. The van der Waals surface area contributed by atoms with E-state index >= 15 is 0 Å². The molecule has 3 aliphatic heterocycles. The molecule has 18 nitrogen and oxygen atoms in total. The van der Waals surface area contributed by atoms with E-state index in [1.807, 2.05) is 0 Å². The molecule has 192 valence electrons. The van der Waals surface area contributed by atoms with Gasteiger partial charge in [-0.1, -0.05) is 16.6 Å². The van der Waals surface area contributed by atoms with Gasteiger partial charge in [0.2, 0.25) is 5.84 Å². The maximum atomic E-state index is 12.1. The summed E-state index contributed by atoms with van der Waals surface area (Å²) in [6, 6.07) is 0. The van der Waals surface area contributed by atoms with E-state index in [2.05, 4.69) is 15.0 Å². The van der Waals surface area contributed by atoms with Gasteiger partial charge < -0.3 is 44.4 Å². The van der Waals surface area contributed by atoms with E-state index in [4.69, 9.17) is 36.3 Å². The molecule has 3 heterocycles. The third-order valence-corrected chi connectivity index (χ3v) is 5.11. The van der Waals surface area contributed by atoms with Crippen molar-refractivity contribution < 1.29 is 53.6 Å². The molecule has 5 N–H and O–H groups in total. The first kappa shape index (κ1) is 26.3. The lowest BCUT2D eigenvalue weighted by molar-refractivity contribution is -0.421. The fraction of sp³-hybridized carbons (Fsp3) is 0.625. The second kappa shape index (κ2) is 8.43. The van der Waals surface area contributed by atoms with Crippen LogP contribution < -0.4 is 5.73 Å². The van der Waals surface area contributed by atoms with Crippen LogP contribution in [0.5, 0.6) is 0 Å². The van der Waals surface area contributed by atoms with Gasteiger partial charge in [-0.3, -0.25) is 30.0 Å². The minimum atomic E-state index is -3.66. The lowest BCUT2D eigenvalue weighted by Crippen LogP contribution is -2.74. The zero-order chi connectivity index (χ0) is 26.6. The number of nitrogens with two attached hydrogens (primary N) is 1. The maximum Gasteiger partial charge on any atom is 0.469 e. The molecule has 0 bridgehead atoms. The predicted octanol–water partition coefficient (Wildman–Crippen LogP) is -3.29. The molecule has 0 aromatic heterocycles.